The van der Waals surface area contributed by atoms with E-state index in [2.05, 4.69) is 4.74 Å². The van der Waals surface area contributed by atoms with Crippen molar-refractivity contribution in [3.8, 4) is 11.5 Å². The number of fused-ring (bicyclic) bond motifs is 1. The molecule has 1 fully saturated rings. The topological polar surface area (TPSA) is 102 Å². The van der Waals surface area contributed by atoms with Crippen molar-refractivity contribution < 1.29 is 32.2 Å². The Morgan fingerprint density at radius 2 is 1.75 bits per heavy atom. The van der Waals surface area contributed by atoms with E-state index in [9.17, 15) is 18.0 Å². The Morgan fingerprint density at radius 1 is 1.06 bits per heavy atom. The lowest BCUT2D eigenvalue weighted by molar-refractivity contribution is -0.142. The van der Waals surface area contributed by atoms with Gasteiger partial charge in [0.05, 0.1) is 17.7 Å². The Labute approximate surface area is 190 Å². The number of hydrogen-bond donors (Lipinski definition) is 0. The number of esters is 1. The van der Waals surface area contributed by atoms with E-state index >= 15 is 0 Å². The molecule has 9 nitrogen and oxygen atoms in total. The van der Waals surface area contributed by atoms with Crippen LogP contribution in [0.25, 0.3) is 0 Å². The molecule has 11 heteroatoms. The second kappa shape index (κ2) is 8.97. The van der Waals surface area contributed by atoms with Gasteiger partial charge in [-0.15, -0.1) is 0 Å². The Morgan fingerprint density at radius 3 is 2.44 bits per heavy atom. The lowest BCUT2D eigenvalue weighted by atomic mass is 10.2. The van der Waals surface area contributed by atoms with Crippen LogP contribution in [-0.2, 0) is 19.6 Å². The van der Waals surface area contributed by atoms with E-state index in [0.717, 1.165) is 0 Å². The Balaban J connectivity index is 1.43. The largest absolute Gasteiger partial charge is 0.485 e. The summed E-state index contributed by atoms with van der Waals surface area (Å²) in [5.74, 6) is 0.157. The van der Waals surface area contributed by atoms with Gasteiger partial charge in [-0.05, 0) is 30.3 Å². The van der Waals surface area contributed by atoms with Gasteiger partial charge in [-0.2, -0.15) is 4.31 Å². The molecule has 1 amide bonds. The number of benzene rings is 2. The lowest BCUT2D eigenvalue weighted by Gasteiger charge is -2.36. The predicted octanol–water partition coefficient (Wildman–Crippen LogP) is 1.80. The molecule has 2 heterocycles. The maximum atomic E-state index is 13.1. The second-order valence-electron chi connectivity index (χ2n) is 7.23. The number of ether oxygens (including phenoxy) is 3. The maximum Gasteiger partial charge on any atom is 0.337 e. The van der Waals surface area contributed by atoms with Crippen LogP contribution in [0.15, 0.2) is 47.4 Å². The molecule has 2 aliphatic heterocycles. The molecule has 1 unspecified atom stereocenters. The van der Waals surface area contributed by atoms with Crippen LogP contribution in [0.4, 0.5) is 0 Å². The molecule has 0 radical (unpaired) electrons. The molecule has 170 valence electrons. The standard InChI is InChI=1S/C21H21ClN2O7S/c1-29-21(26)14-6-7-15(22)19(12-14)32(27,28)24-10-8-23(9-11-24)20(25)18-13-30-16-4-2-3-5-17(16)31-18/h2-7,12,18H,8-11,13H2,1H3. The van der Waals surface area contributed by atoms with Gasteiger partial charge >= 0.3 is 5.97 Å². The molecule has 2 aromatic carbocycles. The van der Waals surface area contributed by atoms with Gasteiger partial charge in [0.25, 0.3) is 5.91 Å². The van der Waals surface area contributed by atoms with E-state index in [0.29, 0.717) is 11.5 Å². The predicted molar refractivity (Wildman–Crippen MR) is 114 cm³/mol. The SMILES string of the molecule is COC(=O)c1ccc(Cl)c(S(=O)(=O)N2CCN(C(=O)C3COc4ccccc4O3)CC2)c1. The zero-order valence-corrected chi connectivity index (χ0v) is 18.8. The summed E-state index contributed by atoms with van der Waals surface area (Å²) in [4.78, 5) is 26.0. The summed E-state index contributed by atoms with van der Waals surface area (Å²) < 4.78 is 43.5. The minimum absolute atomic E-state index is 0.00239. The first-order chi connectivity index (χ1) is 15.3. The Kier molecular flexibility index (Phi) is 6.27. The normalized spacial score (nSPS) is 18.8. The molecule has 0 bridgehead atoms. The monoisotopic (exact) mass is 480 g/mol. The van der Waals surface area contributed by atoms with Crippen LogP contribution < -0.4 is 9.47 Å². The van der Waals surface area contributed by atoms with Crippen LogP contribution in [0.3, 0.4) is 0 Å². The first-order valence-corrected chi connectivity index (χ1v) is 11.7. The molecule has 1 atom stereocenters. The number of sulfonamides is 1. The molecular formula is C21H21ClN2O7S. The van der Waals surface area contributed by atoms with Crippen molar-refractivity contribution >= 4 is 33.5 Å². The molecule has 0 saturated carbocycles. The summed E-state index contributed by atoms with van der Waals surface area (Å²) in [6.07, 6.45) is -0.792. The van der Waals surface area contributed by atoms with Crippen LogP contribution >= 0.6 is 11.6 Å². The van der Waals surface area contributed by atoms with Crippen molar-refractivity contribution in [2.75, 3.05) is 39.9 Å². The summed E-state index contributed by atoms with van der Waals surface area (Å²) in [6, 6.07) is 11.0. The summed E-state index contributed by atoms with van der Waals surface area (Å²) in [5, 5.41) is 0.00239. The Hall–Kier alpha value is -2.82. The summed E-state index contributed by atoms with van der Waals surface area (Å²) in [7, 11) is -2.76. The summed E-state index contributed by atoms with van der Waals surface area (Å²) in [5.41, 5.74) is 0.0824. The number of rotatable bonds is 4. The van der Waals surface area contributed by atoms with Crippen LogP contribution in [0, 0.1) is 0 Å². The number of carbonyl (C=O) groups is 2. The number of carbonyl (C=O) groups excluding carboxylic acids is 2. The highest BCUT2D eigenvalue weighted by Gasteiger charge is 2.36. The Bertz CT molecular complexity index is 1150. The van der Waals surface area contributed by atoms with Gasteiger partial charge < -0.3 is 19.1 Å². The molecule has 0 spiro atoms. The van der Waals surface area contributed by atoms with Crippen molar-refractivity contribution in [1.29, 1.82) is 0 Å². The molecule has 2 aromatic rings. The van der Waals surface area contributed by atoms with Gasteiger partial charge in [0, 0.05) is 26.2 Å². The molecule has 4 rings (SSSR count). The first kappa shape index (κ1) is 22.4. The highest BCUT2D eigenvalue weighted by molar-refractivity contribution is 7.89. The van der Waals surface area contributed by atoms with Crippen molar-refractivity contribution in [3.63, 3.8) is 0 Å². The molecular weight excluding hydrogens is 460 g/mol. The minimum Gasteiger partial charge on any atom is -0.485 e. The zero-order valence-electron chi connectivity index (χ0n) is 17.2. The molecule has 32 heavy (non-hydrogen) atoms. The second-order valence-corrected chi connectivity index (χ2v) is 9.54. The number of nitrogens with zero attached hydrogens (tertiary/aromatic N) is 2. The number of para-hydroxylation sites is 2. The zero-order chi connectivity index (χ0) is 22.9. The van der Waals surface area contributed by atoms with E-state index in [1.165, 1.54) is 29.6 Å². The average molecular weight is 481 g/mol. The highest BCUT2D eigenvalue weighted by atomic mass is 35.5. The van der Waals surface area contributed by atoms with E-state index in [-0.39, 0.29) is 54.2 Å². The van der Waals surface area contributed by atoms with E-state index in [1.807, 2.05) is 6.07 Å². The number of methoxy groups -OCH3 is 1. The fraction of sp³-hybridized carbons (Fsp3) is 0.333. The fourth-order valence-corrected chi connectivity index (χ4v) is 5.50. The molecule has 1 saturated heterocycles. The molecule has 2 aliphatic rings. The van der Waals surface area contributed by atoms with Crippen LogP contribution in [0.2, 0.25) is 5.02 Å². The third kappa shape index (κ3) is 4.25. The fourth-order valence-electron chi connectivity index (χ4n) is 3.58. The number of halogens is 1. The first-order valence-electron chi connectivity index (χ1n) is 9.86. The minimum atomic E-state index is -3.97. The molecule has 0 N–H and O–H groups in total. The van der Waals surface area contributed by atoms with Crippen molar-refractivity contribution in [2.45, 2.75) is 11.0 Å². The van der Waals surface area contributed by atoms with E-state index in [4.69, 9.17) is 21.1 Å². The number of hydrogen-bond acceptors (Lipinski definition) is 7. The van der Waals surface area contributed by atoms with Gasteiger partial charge in [0.1, 0.15) is 11.5 Å². The summed E-state index contributed by atoms with van der Waals surface area (Å²) >= 11 is 6.12. The average Bonchev–Trinajstić information content (AvgIpc) is 2.83. The van der Waals surface area contributed by atoms with Crippen LogP contribution in [-0.4, -0.2) is 75.5 Å². The van der Waals surface area contributed by atoms with Gasteiger partial charge in [-0.3, -0.25) is 4.79 Å². The van der Waals surface area contributed by atoms with Crippen molar-refractivity contribution in [2.24, 2.45) is 0 Å². The molecule has 0 aliphatic carbocycles. The van der Waals surface area contributed by atoms with Crippen LogP contribution in [0.5, 0.6) is 11.5 Å². The third-order valence-corrected chi connectivity index (χ3v) is 7.68. The summed E-state index contributed by atoms with van der Waals surface area (Å²) in [6.45, 7) is 0.625. The van der Waals surface area contributed by atoms with Crippen molar-refractivity contribution in [1.82, 2.24) is 9.21 Å². The lowest BCUT2D eigenvalue weighted by Crippen LogP contribution is -2.55. The van der Waals surface area contributed by atoms with E-state index < -0.39 is 22.1 Å². The number of piperazine rings is 1. The number of amides is 1. The smallest absolute Gasteiger partial charge is 0.337 e. The molecule has 0 aromatic heterocycles. The van der Waals surface area contributed by atoms with Gasteiger partial charge in [-0.25, -0.2) is 13.2 Å². The maximum absolute atomic E-state index is 13.1. The van der Waals surface area contributed by atoms with Gasteiger partial charge in [0.15, 0.2) is 11.5 Å². The quantitative estimate of drug-likeness (QED) is 0.615. The van der Waals surface area contributed by atoms with Gasteiger partial charge in [-0.1, -0.05) is 23.7 Å². The highest BCUT2D eigenvalue weighted by Crippen LogP contribution is 2.32. The van der Waals surface area contributed by atoms with Crippen molar-refractivity contribution in [3.05, 3.63) is 53.1 Å². The third-order valence-electron chi connectivity index (χ3n) is 5.30. The van der Waals surface area contributed by atoms with E-state index in [1.54, 1.807) is 23.1 Å². The van der Waals surface area contributed by atoms with Crippen LogP contribution in [0.1, 0.15) is 10.4 Å². The van der Waals surface area contributed by atoms with Gasteiger partial charge in [0.2, 0.25) is 16.1 Å².